The highest BCUT2D eigenvalue weighted by Crippen LogP contribution is 2.39. The molecule has 1 saturated carbocycles. The topological polar surface area (TPSA) is 85.8 Å². The molecule has 3 heterocycles. The van der Waals surface area contributed by atoms with Crippen molar-refractivity contribution in [3.63, 3.8) is 0 Å². The van der Waals surface area contributed by atoms with Gasteiger partial charge in [0.25, 0.3) is 5.91 Å². The highest BCUT2D eigenvalue weighted by atomic mass is 16.5. The Morgan fingerprint density at radius 3 is 2.90 bits per heavy atom. The Bertz CT molecular complexity index is 1190. The molecule has 5 rings (SSSR count). The molecule has 0 spiro atoms. The second-order valence-corrected chi connectivity index (χ2v) is 8.56. The minimum Gasteiger partial charge on any atom is -0.339 e. The molecular formula is C23H23N5O2. The number of hydrogen-bond acceptors (Lipinski definition) is 5. The maximum atomic E-state index is 13.0. The molecule has 1 amide bonds. The molecule has 1 aliphatic carbocycles. The molecule has 0 radical (unpaired) electrons. The second kappa shape index (κ2) is 6.79. The van der Waals surface area contributed by atoms with Crippen LogP contribution in [0.5, 0.6) is 0 Å². The molecular weight excluding hydrogens is 378 g/mol. The van der Waals surface area contributed by atoms with E-state index >= 15 is 0 Å². The molecule has 0 bridgehead atoms. The molecule has 1 N–H and O–H groups in total. The first-order valence-corrected chi connectivity index (χ1v) is 10.1. The molecule has 152 valence electrons. The van der Waals surface area contributed by atoms with E-state index in [-0.39, 0.29) is 11.3 Å². The van der Waals surface area contributed by atoms with Crippen molar-refractivity contribution in [3.05, 3.63) is 59.5 Å². The van der Waals surface area contributed by atoms with Crippen LogP contribution in [0.2, 0.25) is 0 Å². The van der Waals surface area contributed by atoms with E-state index in [4.69, 9.17) is 4.52 Å². The van der Waals surface area contributed by atoms with Crippen molar-refractivity contribution >= 4 is 23.9 Å². The van der Waals surface area contributed by atoms with Gasteiger partial charge >= 0.3 is 0 Å². The lowest BCUT2D eigenvalue weighted by atomic mass is 9.93. The Labute approximate surface area is 174 Å². The van der Waals surface area contributed by atoms with Crippen LogP contribution < -0.4 is 5.32 Å². The summed E-state index contributed by atoms with van der Waals surface area (Å²) in [5.41, 5.74) is 2.85. The van der Waals surface area contributed by atoms with Crippen molar-refractivity contribution in [2.75, 3.05) is 5.32 Å². The zero-order valence-corrected chi connectivity index (χ0v) is 17.2. The van der Waals surface area contributed by atoms with Gasteiger partial charge in [0.15, 0.2) is 0 Å². The van der Waals surface area contributed by atoms with Gasteiger partial charge < -0.3 is 9.84 Å². The number of hydrogen-bond donors (Lipinski definition) is 1. The molecule has 30 heavy (non-hydrogen) atoms. The Morgan fingerprint density at radius 1 is 1.27 bits per heavy atom. The number of carbonyl (C=O) groups excluding carboxylic acids is 1. The van der Waals surface area contributed by atoms with E-state index in [1.807, 2.05) is 37.4 Å². The van der Waals surface area contributed by atoms with E-state index in [0.29, 0.717) is 29.0 Å². The molecule has 2 aromatic heterocycles. The van der Waals surface area contributed by atoms with Crippen molar-refractivity contribution in [2.24, 2.45) is 5.41 Å². The summed E-state index contributed by atoms with van der Waals surface area (Å²) in [7, 11) is 0. The van der Waals surface area contributed by atoms with E-state index in [9.17, 15) is 4.79 Å². The molecule has 1 aliphatic heterocycles. The number of nitrogens with zero attached hydrogens (tertiary/aromatic N) is 4. The summed E-state index contributed by atoms with van der Waals surface area (Å²) in [6.07, 6.45) is 11.8. The van der Waals surface area contributed by atoms with Gasteiger partial charge in [0.2, 0.25) is 11.7 Å². The van der Waals surface area contributed by atoms with Gasteiger partial charge in [-0.2, -0.15) is 4.98 Å². The van der Waals surface area contributed by atoms with Crippen LogP contribution in [0.4, 0.5) is 5.69 Å². The van der Waals surface area contributed by atoms with E-state index in [2.05, 4.69) is 46.4 Å². The fraction of sp³-hybridized carbons (Fsp3) is 0.304. The van der Waals surface area contributed by atoms with Gasteiger partial charge in [0, 0.05) is 28.8 Å². The Morgan fingerprint density at radius 2 is 2.10 bits per heavy atom. The second-order valence-electron chi connectivity index (χ2n) is 8.56. The third-order valence-electron chi connectivity index (χ3n) is 5.49. The Hall–Kier alpha value is -3.48. The summed E-state index contributed by atoms with van der Waals surface area (Å²) < 4.78 is 7.18. The highest BCUT2D eigenvalue weighted by Gasteiger charge is 2.30. The summed E-state index contributed by atoms with van der Waals surface area (Å²) in [5.74, 6) is 2.15. The fourth-order valence-electron chi connectivity index (χ4n) is 3.37. The van der Waals surface area contributed by atoms with Crippen molar-refractivity contribution < 1.29 is 9.32 Å². The number of nitrogens with one attached hydrogen (secondary N) is 1. The molecule has 7 nitrogen and oxygen atoms in total. The van der Waals surface area contributed by atoms with Crippen molar-refractivity contribution in [1.82, 2.24) is 19.7 Å². The van der Waals surface area contributed by atoms with E-state index in [1.165, 1.54) is 0 Å². The number of aromatic nitrogens is 4. The number of allylic oxidation sites excluding steroid dienone is 2. The zero-order valence-electron chi connectivity index (χ0n) is 17.2. The molecule has 2 aliphatic rings. The smallest absolute Gasteiger partial charge is 0.274 e. The largest absolute Gasteiger partial charge is 0.339 e. The fourth-order valence-corrected chi connectivity index (χ4v) is 3.37. The van der Waals surface area contributed by atoms with Gasteiger partial charge in [-0.1, -0.05) is 43.3 Å². The average molecular weight is 401 g/mol. The molecule has 1 aromatic carbocycles. The molecule has 3 aromatic rings. The summed E-state index contributed by atoms with van der Waals surface area (Å²) in [5, 5.41) is 7.11. The molecule has 0 unspecified atom stereocenters. The number of benzene rings is 1. The standard InChI is InChI=1S/C23H23N5O2/c1-14-4-5-16(20-26-22(30-27-20)15-6-7-15)12-17(14)25-21(29)18-13-24-19-8-9-23(2,3)10-11-28(18)19/h4-5,8-13,15H,6-7H2,1-3H3,(H,25,29). The van der Waals surface area contributed by atoms with Gasteiger partial charge in [-0.3, -0.25) is 9.36 Å². The lowest BCUT2D eigenvalue weighted by molar-refractivity contribution is 0.102. The summed E-state index contributed by atoms with van der Waals surface area (Å²) in [4.78, 5) is 21.9. The lowest BCUT2D eigenvalue weighted by Gasteiger charge is -2.12. The predicted octanol–water partition coefficient (Wildman–Crippen LogP) is 4.89. The summed E-state index contributed by atoms with van der Waals surface area (Å²) in [6, 6.07) is 5.76. The van der Waals surface area contributed by atoms with Crippen molar-refractivity contribution in [1.29, 1.82) is 0 Å². The first-order chi connectivity index (χ1) is 14.4. The number of aryl methyl sites for hydroxylation is 1. The first-order valence-electron chi connectivity index (χ1n) is 10.1. The molecule has 0 saturated heterocycles. The summed E-state index contributed by atoms with van der Waals surface area (Å²) >= 11 is 0. The first kappa shape index (κ1) is 18.5. The third-order valence-corrected chi connectivity index (χ3v) is 5.49. The normalized spacial score (nSPS) is 16.9. The molecule has 0 atom stereocenters. The van der Waals surface area contributed by atoms with E-state index < -0.39 is 0 Å². The van der Waals surface area contributed by atoms with Crippen molar-refractivity contribution in [2.45, 2.75) is 39.5 Å². The quantitative estimate of drug-likeness (QED) is 0.672. The van der Waals surface area contributed by atoms with Crippen LogP contribution in [0.1, 0.15) is 60.4 Å². The van der Waals surface area contributed by atoms with Gasteiger partial charge in [0.05, 0.1) is 6.20 Å². The minimum atomic E-state index is -0.224. The number of anilines is 1. The maximum Gasteiger partial charge on any atom is 0.274 e. The van der Waals surface area contributed by atoms with Crippen LogP contribution in [0.15, 0.2) is 41.1 Å². The number of imidazole rings is 1. The van der Waals surface area contributed by atoms with E-state index in [0.717, 1.165) is 29.8 Å². The zero-order chi connectivity index (χ0) is 20.9. The highest BCUT2D eigenvalue weighted by molar-refractivity contribution is 6.04. The van der Waals surface area contributed by atoms with Crippen LogP contribution in [-0.2, 0) is 0 Å². The van der Waals surface area contributed by atoms with Crippen LogP contribution in [-0.4, -0.2) is 25.6 Å². The van der Waals surface area contributed by atoms with Gasteiger partial charge in [0.1, 0.15) is 11.5 Å². The van der Waals surface area contributed by atoms with Gasteiger partial charge in [-0.15, -0.1) is 0 Å². The monoisotopic (exact) mass is 401 g/mol. The maximum absolute atomic E-state index is 13.0. The lowest BCUT2D eigenvalue weighted by Crippen LogP contribution is -2.16. The van der Waals surface area contributed by atoms with Gasteiger partial charge in [-0.25, -0.2) is 4.98 Å². The van der Waals surface area contributed by atoms with Crippen LogP contribution in [0.3, 0.4) is 0 Å². The number of amides is 1. The molecule has 7 heteroatoms. The summed E-state index contributed by atoms with van der Waals surface area (Å²) in [6.45, 7) is 6.16. The minimum absolute atomic E-state index is 0.0940. The van der Waals surface area contributed by atoms with Crippen LogP contribution in [0.25, 0.3) is 23.7 Å². The van der Waals surface area contributed by atoms with Crippen molar-refractivity contribution in [3.8, 4) is 11.4 Å². The number of fused-ring (bicyclic) bond motifs is 1. The Balaban J connectivity index is 1.42. The van der Waals surface area contributed by atoms with Crippen LogP contribution >= 0.6 is 0 Å². The Kier molecular flexibility index (Phi) is 4.20. The molecule has 1 fully saturated rings. The SMILES string of the molecule is Cc1ccc(-c2noc(C3CC3)n2)cc1NC(=O)c1cnc2n1C=CC(C)(C)C=C2. The number of rotatable bonds is 4. The average Bonchev–Trinajstić information content (AvgIpc) is 3.34. The van der Waals surface area contributed by atoms with E-state index in [1.54, 1.807) is 10.8 Å². The predicted molar refractivity (Wildman–Crippen MR) is 115 cm³/mol. The third kappa shape index (κ3) is 3.47. The number of carbonyl (C=O) groups is 1. The van der Waals surface area contributed by atoms with Crippen LogP contribution in [0, 0.1) is 12.3 Å². The van der Waals surface area contributed by atoms with Gasteiger partial charge in [-0.05, 0) is 37.5 Å².